The molecule has 2 heterocycles. The molecule has 1 aliphatic heterocycles. The third-order valence-corrected chi connectivity index (χ3v) is 7.07. The van der Waals surface area contributed by atoms with Crippen molar-refractivity contribution in [3.63, 3.8) is 0 Å². The van der Waals surface area contributed by atoms with E-state index < -0.39 is 5.97 Å². The largest absolute Gasteiger partial charge is 0.494 e. The SMILES string of the molecule is CCCCCOc1ccc(C(=O)Nc2sc3c(c2C(=O)OC)CC(C)(C)NC3(C)C)cc1. The Labute approximate surface area is 194 Å². The highest BCUT2D eigenvalue weighted by Crippen LogP contribution is 2.45. The molecular formula is C25H34N2O4S. The first-order valence-corrected chi connectivity index (χ1v) is 12.0. The number of amides is 1. The van der Waals surface area contributed by atoms with Gasteiger partial charge in [0, 0.05) is 21.5 Å². The minimum absolute atomic E-state index is 0.186. The molecule has 3 rings (SSSR count). The number of thiophene rings is 1. The standard InChI is InChI=1S/C25H34N2O4S/c1-7-8-9-14-31-17-12-10-16(11-13-17)21(28)26-22-19(23(29)30-6)18-15-24(2,3)27-25(4,5)20(18)32-22/h10-13,27H,7-9,14-15H2,1-6H3,(H,26,28). The number of carbonyl (C=O) groups is 2. The van der Waals surface area contributed by atoms with Crippen molar-refractivity contribution in [1.29, 1.82) is 0 Å². The number of hydrogen-bond donors (Lipinski definition) is 2. The third kappa shape index (κ3) is 5.33. The monoisotopic (exact) mass is 458 g/mol. The van der Waals surface area contributed by atoms with Gasteiger partial charge in [-0.1, -0.05) is 19.8 Å². The van der Waals surface area contributed by atoms with E-state index in [9.17, 15) is 9.59 Å². The number of carbonyl (C=O) groups excluding carboxylic acids is 2. The van der Waals surface area contributed by atoms with Crippen molar-refractivity contribution in [3.05, 3.63) is 45.8 Å². The highest BCUT2D eigenvalue weighted by Gasteiger charge is 2.42. The van der Waals surface area contributed by atoms with Crippen molar-refractivity contribution in [2.75, 3.05) is 19.0 Å². The maximum Gasteiger partial charge on any atom is 0.341 e. The van der Waals surface area contributed by atoms with Gasteiger partial charge in [0.2, 0.25) is 0 Å². The van der Waals surface area contributed by atoms with E-state index in [2.05, 4.69) is 45.3 Å². The third-order valence-electron chi connectivity index (χ3n) is 5.59. The minimum Gasteiger partial charge on any atom is -0.494 e. The number of ether oxygens (including phenoxy) is 2. The van der Waals surface area contributed by atoms with E-state index in [0.717, 1.165) is 35.5 Å². The number of fused-ring (bicyclic) bond motifs is 1. The summed E-state index contributed by atoms with van der Waals surface area (Å²) in [7, 11) is 1.37. The van der Waals surface area contributed by atoms with Crippen LogP contribution in [0.15, 0.2) is 24.3 Å². The van der Waals surface area contributed by atoms with Crippen LogP contribution in [0, 0.1) is 0 Å². The van der Waals surface area contributed by atoms with Gasteiger partial charge >= 0.3 is 5.97 Å². The fourth-order valence-electron chi connectivity index (χ4n) is 4.35. The van der Waals surface area contributed by atoms with E-state index in [0.29, 0.717) is 29.2 Å². The van der Waals surface area contributed by atoms with Crippen LogP contribution in [0.25, 0.3) is 0 Å². The van der Waals surface area contributed by atoms with Crippen LogP contribution in [0.2, 0.25) is 0 Å². The normalized spacial score (nSPS) is 16.2. The Morgan fingerprint density at radius 1 is 1.12 bits per heavy atom. The highest BCUT2D eigenvalue weighted by molar-refractivity contribution is 7.17. The van der Waals surface area contributed by atoms with E-state index in [4.69, 9.17) is 9.47 Å². The average molecular weight is 459 g/mol. The molecule has 1 aromatic carbocycles. The number of anilines is 1. The van der Waals surface area contributed by atoms with Crippen LogP contribution in [0.3, 0.4) is 0 Å². The van der Waals surface area contributed by atoms with Crippen LogP contribution in [-0.4, -0.2) is 31.1 Å². The predicted octanol–water partition coefficient (Wildman–Crippen LogP) is 5.52. The van der Waals surface area contributed by atoms with Crippen molar-refractivity contribution in [3.8, 4) is 5.75 Å². The van der Waals surface area contributed by atoms with Crippen molar-refractivity contribution < 1.29 is 19.1 Å². The highest BCUT2D eigenvalue weighted by atomic mass is 32.1. The van der Waals surface area contributed by atoms with Gasteiger partial charge in [-0.25, -0.2) is 4.79 Å². The van der Waals surface area contributed by atoms with Crippen molar-refractivity contribution in [2.45, 2.75) is 71.4 Å². The van der Waals surface area contributed by atoms with Gasteiger partial charge in [-0.05, 0) is 70.4 Å². The minimum atomic E-state index is -0.429. The van der Waals surface area contributed by atoms with E-state index >= 15 is 0 Å². The molecule has 0 fully saturated rings. The van der Waals surface area contributed by atoms with Crippen molar-refractivity contribution >= 4 is 28.2 Å². The molecule has 0 saturated carbocycles. The van der Waals surface area contributed by atoms with Crippen LogP contribution in [0.1, 0.15) is 85.0 Å². The Morgan fingerprint density at radius 3 is 2.44 bits per heavy atom. The zero-order chi connectivity index (χ0) is 23.5. The summed E-state index contributed by atoms with van der Waals surface area (Å²) in [6.07, 6.45) is 3.97. The maximum atomic E-state index is 13.0. The first-order chi connectivity index (χ1) is 15.1. The molecule has 1 aromatic heterocycles. The second-order valence-electron chi connectivity index (χ2n) is 9.45. The molecule has 0 aliphatic carbocycles. The summed E-state index contributed by atoms with van der Waals surface area (Å²) < 4.78 is 10.8. The lowest BCUT2D eigenvalue weighted by atomic mass is 9.81. The van der Waals surface area contributed by atoms with E-state index in [1.54, 1.807) is 24.3 Å². The summed E-state index contributed by atoms with van der Waals surface area (Å²) in [5, 5.41) is 7.11. The molecule has 6 nitrogen and oxygen atoms in total. The summed E-state index contributed by atoms with van der Waals surface area (Å²) in [4.78, 5) is 26.7. The van der Waals surface area contributed by atoms with Gasteiger partial charge in [-0.3, -0.25) is 4.79 Å². The molecule has 0 saturated heterocycles. The number of esters is 1. The topological polar surface area (TPSA) is 76.7 Å². The molecular weight excluding hydrogens is 424 g/mol. The first-order valence-electron chi connectivity index (χ1n) is 11.2. The summed E-state index contributed by atoms with van der Waals surface area (Å²) in [5.41, 5.74) is 1.39. The molecule has 1 amide bonds. The van der Waals surface area contributed by atoms with Crippen molar-refractivity contribution in [2.24, 2.45) is 0 Å². The van der Waals surface area contributed by atoms with E-state index in [1.807, 2.05) is 0 Å². The maximum absolute atomic E-state index is 13.0. The lowest BCUT2D eigenvalue weighted by Crippen LogP contribution is -2.55. The zero-order valence-corrected chi connectivity index (χ0v) is 20.7. The Morgan fingerprint density at radius 2 is 1.81 bits per heavy atom. The van der Waals surface area contributed by atoms with Gasteiger partial charge < -0.3 is 20.1 Å². The zero-order valence-electron chi connectivity index (χ0n) is 19.9. The number of unbranched alkanes of at least 4 members (excludes halogenated alkanes) is 2. The number of hydrogen-bond acceptors (Lipinski definition) is 6. The number of methoxy groups -OCH3 is 1. The smallest absolute Gasteiger partial charge is 0.341 e. The average Bonchev–Trinajstić information content (AvgIpc) is 3.08. The van der Waals surface area contributed by atoms with Crippen molar-refractivity contribution in [1.82, 2.24) is 5.32 Å². The van der Waals surface area contributed by atoms with Gasteiger partial charge in [0.15, 0.2) is 0 Å². The Balaban J connectivity index is 1.83. The van der Waals surface area contributed by atoms with E-state index in [-0.39, 0.29) is 17.0 Å². The molecule has 174 valence electrons. The first kappa shape index (κ1) is 24.3. The lowest BCUT2D eigenvalue weighted by molar-refractivity contribution is 0.0600. The molecule has 0 atom stereocenters. The molecule has 0 spiro atoms. The second kappa shape index (κ2) is 9.63. The fourth-order valence-corrected chi connectivity index (χ4v) is 5.61. The summed E-state index contributed by atoms with van der Waals surface area (Å²) in [6.45, 7) is 11.2. The summed E-state index contributed by atoms with van der Waals surface area (Å²) in [6, 6.07) is 7.09. The van der Waals surface area contributed by atoms with Gasteiger partial charge in [0.05, 0.1) is 19.3 Å². The number of nitrogens with one attached hydrogen (secondary N) is 2. The Bertz CT molecular complexity index is 977. The van der Waals surface area contributed by atoms with Gasteiger partial charge in [0.1, 0.15) is 10.8 Å². The molecule has 7 heteroatoms. The molecule has 0 unspecified atom stereocenters. The number of rotatable bonds is 8. The summed E-state index contributed by atoms with van der Waals surface area (Å²) >= 11 is 1.44. The van der Waals surface area contributed by atoms with Crippen LogP contribution in [-0.2, 0) is 16.7 Å². The second-order valence-corrected chi connectivity index (χ2v) is 10.5. The van der Waals surface area contributed by atoms with Crippen LogP contribution in [0.4, 0.5) is 5.00 Å². The van der Waals surface area contributed by atoms with Crippen LogP contribution >= 0.6 is 11.3 Å². The Hall–Kier alpha value is -2.38. The molecule has 0 bridgehead atoms. The van der Waals surface area contributed by atoms with Crippen LogP contribution < -0.4 is 15.4 Å². The molecule has 32 heavy (non-hydrogen) atoms. The lowest BCUT2D eigenvalue weighted by Gasteiger charge is -2.42. The Kier molecular flexibility index (Phi) is 7.30. The fraction of sp³-hybridized carbons (Fsp3) is 0.520. The summed E-state index contributed by atoms with van der Waals surface area (Å²) in [5.74, 6) is 0.0491. The van der Waals surface area contributed by atoms with E-state index in [1.165, 1.54) is 18.4 Å². The number of benzene rings is 1. The van der Waals surface area contributed by atoms with Gasteiger partial charge in [0.25, 0.3) is 5.91 Å². The molecule has 1 aliphatic rings. The molecule has 0 radical (unpaired) electrons. The van der Waals surface area contributed by atoms with Gasteiger partial charge in [-0.2, -0.15) is 0 Å². The molecule has 2 N–H and O–H groups in total. The quantitative estimate of drug-likeness (QED) is 0.403. The molecule has 2 aromatic rings. The van der Waals surface area contributed by atoms with Crippen LogP contribution in [0.5, 0.6) is 5.75 Å². The predicted molar refractivity (Wildman–Crippen MR) is 129 cm³/mol. The van der Waals surface area contributed by atoms with Gasteiger partial charge in [-0.15, -0.1) is 11.3 Å².